The van der Waals surface area contributed by atoms with Gasteiger partial charge in [-0.3, -0.25) is 4.79 Å². The highest BCUT2D eigenvalue weighted by molar-refractivity contribution is 6.30. The molecule has 0 aromatic heterocycles. The second-order valence-corrected chi connectivity index (χ2v) is 2.34. The van der Waals surface area contributed by atoms with E-state index in [1.807, 2.05) is 0 Å². The van der Waals surface area contributed by atoms with E-state index in [-0.39, 0.29) is 5.56 Å². The maximum absolute atomic E-state index is 10.6. The molecular weight excluding hydrogens is 166 g/mol. The van der Waals surface area contributed by atoms with Gasteiger partial charge in [-0.05, 0) is 24.3 Å². The molecule has 0 aliphatic carbocycles. The number of hydrogen-bond acceptors (Lipinski definition) is 2. The molecule has 56 valence electrons. The monoisotopic (exact) mass is 169 g/mol. The first-order valence-corrected chi connectivity index (χ1v) is 3.25. The van der Waals surface area contributed by atoms with Gasteiger partial charge in [-0.2, -0.15) is 0 Å². The summed E-state index contributed by atoms with van der Waals surface area (Å²) in [5.41, 5.74) is 0.254. The summed E-state index contributed by atoms with van der Waals surface area (Å²) >= 11 is 5.54. The van der Waals surface area contributed by atoms with E-state index in [4.69, 9.17) is 11.6 Å². The Morgan fingerprint density at radius 1 is 1.27 bits per heavy atom. The Kier molecular flexibility index (Phi) is 2.33. The molecule has 0 aliphatic rings. The smallest absolute Gasteiger partial charge is 0.263 e. The molecule has 3 nitrogen and oxygen atoms in total. The first-order valence-electron chi connectivity index (χ1n) is 2.87. The van der Waals surface area contributed by atoms with Gasteiger partial charge in [0.15, 0.2) is 0 Å². The lowest BCUT2D eigenvalue weighted by Crippen LogP contribution is -1.91. The highest BCUT2D eigenvalue weighted by Crippen LogP contribution is 2.09. The van der Waals surface area contributed by atoms with Crippen molar-refractivity contribution in [3.8, 4) is 0 Å². The van der Waals surface area contributed by atoms with Crippen molar-refractivity contribution in [1.29, 1.82) is 0 Å². The van der Waals surface area contributed by atoms with E-state index >= 15 is 0 Å². The predicted molar refractivity (Wildman–Crippen MR) is 41.6 cm³/mol. The van der Waals surface area contributed by atoms with E-state index in [1.54, 1.807) is 0 Å². The Morgan fingerprint density at radius 3 is 2.27 bits per heavy atom. The minimum absolute atomic E-state index is 0.254. The van der Waals surface area contributed by atoms with Crippen LogP contribution in [-0.4, -0.2) is 5.91 Å². The third kappa shape index (κ3) is 1.85. The molecule has 11 heavy (non-hydrogen) atoms. The molecule has 1 amide bonds. The van der Waals surface area contributed by atoms with Crippen LogP contribution < -0.4 is 0 Å². The van der Waals surface area contributed by atoms with Gasteiger partial charge in [0.25, 0.3) is 0 Å². The van der Waals surface area contributed by atoms with Crippen molar-refractivity contribution in [2.45, 2.75) is 0 Å². The molecule has 0 spiro atoms. The summed E-state index contributed by atoms with van der Waals surface area (Å²) in [6, 6.07) is 5.96. The fourth-order valence-electron chi connectivity index (χ4n) is 0.645. The Hall–Kier alpha value is -1.22. The number of amides is 1. The minimum atomic E-state index is -0.776. The van der Waals surface area contributed by atoms with Gasteiger partial charge in [-0.1, -0.05) is 11.6 Å². The zero-order valence-corrected chi connectivity index (χ0v) is 6.21. The summed E-state index contributed by atoms with van der Waals surface area (Å²) in [5, 5.41) is 2.78. The van der Waals surface area contributed by atoms with E-state index in [0.717, 1.165) is 0 Å². The SMILES string of the molecule is O=NC(=O)c1ccc(Cl)cc1. The van der Waals surface area contributed by atoms with Crippen molar-refractivity contribution >= 4 is 17.5 Å². The lowest BCUT2D eigenvalue weighted by atomic mass is 10.2. The van der Waals surface area contributed by atoms with E-state index in [0.29, 0.717) is 5.02 Å². The number of halogens is 1. The number of hydrogen-bond donors (Lipinski definition) is 0. The molecule has 0 saturated heterocycles. The Morgan fingerprint density at radius 2 is 1.82 bits per heavy atom. The molecule has 1 aromatic rings. The van der Waals surface area contributed by atoms with Crippen molar-refractivity contribution < 1.29 is 4.79 Å². The molecule has 1 aromatic carbocycles. The Balaban J connectivity index is 2.98. The van der Waals surface area contributed by atoms with Crippen LogP contribution >= 0.6 is 11.6 Å². The molecule has 0 atom stereocenters. The Labute approximate surface area is 68.0 Å². The van der Waals surface area contributed by atoms with Crippen LogP contribution in [-0.2, 0) is 0 Å². The average Bonchev–Trinajstić information content (AvgIpc) is 2.05. The first-order chi connectivity index (χ1) is 5.24. The van der Waals surface area contributed by atoms with Crippen LogP contribution in [0.3, 0.4) is 0 Å². The summed E-state index contributed by atoms with van der Waals surface area (Å²) < 4.78 is 0. The van der Waals surface area contributed by atoms with Crippen molar-refractivity contribution in [2.75, 3.05) is 0 Å². The number of carbonyl (C=O) groups is 1. The van der Waals surface area contributed by atoms with Crippen molar-refractivity contribution in [3.63, 3.8) is 0 Å². The van der Waals surface area contributed by atoms with Gasteiger partial charge < -0.3 is 0 Å². The summed E-state index contributed by atoms with van der Waals surface area (Å²) in [6.45, 7) is 0. The lowest BCUT2D eigenvalue weighted by Gasteiger charge is -1.90. The van der Waals surface area contributed by atoms with Gasteiger partial charge in [0.1, 0.15) is 0 Å². The van der Waals surface area contributed by atoms with E-state index in [1.165, 1.54) is 24.3 Å². The molecule has 0 fully saturated rings. The summed E-state index contributed by atoms with van der Waals surface area (Å²) in [4.78, 5) is 20.4. The zero-order valence-electron chi connectivity index (χ0n) is 5.45. The van der Waals surface area contributed by atoms with Crippen molar-refractivity contribution in [1.82, 2.24) is 0 Å². The molecule has 0 heterocycles. The highest BCUT2D eigenvalue weighted by Gasteiger charge is 2.03. The van der Waals surface area contributed by atoms with Gasteiger partial charge in [0.05, 0.1) is 0 Å². The van der Waals surface area contributed by atoms with Crippen LogP contribution in [0.1, 0.15) is 10.4 Å². The molecular formula is C7H4ClNO2. The lowest BCUT2D eigenvalue weighted by molar-refractivity contribution is 0.100. The molecule has 4 heteroatoms. The zero-order chi connectivity index (χ0) is 8.27. The third-order valence-electron chi connectivity index (χ3n) is 1.17. The number of benzene rings is 1. The second-order valence-electron chi connectivity index (χ2n) is 1.90. The number of nitrogens with zero attached hydrogens (tertiary/aromatic N) is 1. The van der Waals surface area contributed by atoms with Crippen molar-refractivity contribution in [2.24, 2.45) is 5.18 Å². The fraction of sp³-hybridized carbons (Fsp3) is 0. The standard InChI is InChI=1S/C7H4ClNO2/c8-6-3-1-5(2-4-6)7(10)9-11/h1-4H. The predicted octanol–water partition coefficient (Wildman–Crippen LogP) is 2.25. The molecule has 0 N–H and O–H groups in total. The largest absolute Gasteiger partial charge is 0.316 e. The number of carbonyl (C=O) groups excluding carboxylic acids is 1. The average molecular weight is 170 g/mol. The molecule has 0 bridgehead atoms. The maximum atomic E-state index is 10.6. The van der Waals surface area contributed by atoms with Gasteiger partial charge in [0.2, 0.25) is 0 Å². The van der Waals surface area contributed by atoms with Gasteiger partial charge in [-0.15, -0.1) is 4.91 Å². The van der Waals surface area contributed by atoms with Crippen LogP contribution in [0.25, 0.3) is 0 Å². The quantitative estimate of drug-likeness (QED) is 0.606. The van der Waals surface area contributed by atoms with Crippen LogP contribution in [0.4, 0.5) is 0 Å². The van der Waals surface area contributed by atoms with Crippen LogP contribution in [0, 0.1) is 4.91 Å². The number of nitroso groups, excluding NO2 is 1. The van der Waals surface area contributed by atoms with Crippen LogP contribution in [0.5, 0.6) is 0 Å². The van der Waals surface area contributed by atoms with Gasteiger partial charge >= 0.3 is 5.91 Å². The summed E-state index contributed by atoms with van der Waals surface area (Å²) in [7, 11) is 0. The fourth-order valence-corrected chi connectivity index (χ4v) is 0.771. The van der Waals surface area contributed by atoms with Crippen molar-refractivity contribution in [3.05, 3.63) is 39.8 Å². The molecule has 0 saturated carbocycles. The molecule has 0 aliphatic heterocycles. The molecule has 1 rings (SSSR count). The Bertz CT molecular complexity index is 281. The van der Waals surface area contributed by atoms with E-state index in [2.05, 4.69) is 5.18 Å². The topological polar surface area (TPSA) is 46.5 Å². The normalized spacial score (nSPS) is 9.18. The maximum Gasteiger partial charge on any atom is 0.316 e. The molecule has 0 radical (unpaired) electrons. The highest BCUT2D eigenvalue weighted by atomic mass is 35.5. The van der Waals surface area contributed by atoms with Crippen LogP contribution in [0.2, 0.25) is 5.02 Å². The van der Waals surface area contributed by atoms with Crippen LogP contribution in [0.15, 0.2) is 29.4 Å². The second kappa shape index (κ2) is 3.25. The van der Waals surface area contributed by atoms with E-state index in [9.17, 15) is 9.70 Å². The summed E-state index contributed by atoms with van der Waals surface area (Å²) in [6.07, 6.45) is 0. The minimum Gasteiger partial charge on any atom is -0.263 e. The number of rotatable bonds is 1. The van der Waals surface area contributed by atoms with Gasteiger partial charge in [-0.25, -0.2) is 0 Å². The first kappa shape index (κ1) is 7.88. The molecule has 0 unspecified atom stereocenters. The third-order valence-corrected chi connectivity index (χ3v) is 1.43. The summed E-state index contributed by atoms with van der Waals surface area (Å²) in [5.74, 6) is -0.776. The van der Waals surface area contributed by atoms with Gasteiger partial charge in [0, 0.05) is 15.8 Å². The van der Waals surface area contributed by atoms with E-state index < -0.39 is 5.91 Å².